The maximum absolute atomic E-state index is 4.37. The van der Waals surface area contributed by atoms with E-state index in [0.717, 1.165) is 22.9 Å². The molecule has 1 aromatic heterocycles. The van der Waals surface area contributed by atoms with Crippen molar-refractivity contribution >= 4 is 5.69 Å². The molecule has 0 aliphatic heterocycles. The summed E-state index contributed by atoms with van der Waals surface area (Å²) in [5.41, 5.74) is 2.13. The maximum atomic E-state index is 4.37. The summed E-state index contributed by atoms with van der Waals surface area (Å²) in [6.07, 6.45) is 0. The van der Waals surface area contributed by atoms with Gasteiger partial charge >= 0.3 is 0 Å². The van der Waals surface area contributed by atoms with E-state index in [1.165, 1.54) is 0 Å². The third-order valence-corrected chi connectivity index (χ3v) is 2.41. The maximum Gasteiger partial charge on any atom is 0.181 e. The molecule has 1 aromatic carbocycles. The minimum Gasteiger partial charge on any atom is -0.388 e. The van der Waals surface area contributed by atoms with Gasteiger partial charge in [0.2, 0.25) is 0 Å². The summed E-state index contributed by atoms with van der Waals surface area (Å²) in [6, 6.07) is 8.06. The molecule has 0 spiro atoms. The van der Waals surface area contributed by atoms with E-state index in [0.29, 0.717) is 0 Å². The molecular formula is C11H14N4. The molecule has 0 unspecified atom stereocenters. The van der Waals surface area contributed by atoms with Crippen molar-refractivity contribution in [3.05, 3.63) is 30.1 Å². The lowest BCUT2D eigenvalue weighted by molar-refractivity contribution is 0.736. The van der Waals surface area contributed by atoms with Crippen LogP contribution in [0.5, 0.6) is 0 Å². The monoisotopic (exact) mass is 202 g/mol. The number of rotatable bonds is 2. The summed E-state index contributed by atoms with van der Waals surface area (Å²) in [6.45, 7) is 1.94. The van der Waals surface area contributed by atoms with Gasteiger partial charge in [0, 0.05) is 25.3 Å². The van der Waals surface area contributed by atoms with Crippen molar-refractivity contribution in [1.82, 2.24) is 14.8 Å². The van der Waals surface area contributed by atoms with Gasteiger partial charge in [-0.1, -0.05) is 0 Å². The molecule has 0 fully saturated rings. The summed E-state index contributed by atoms with van der Waals surface area (Å²) in [5, 5.41) is 7.40. The molecule has 0 saturated heterocycles. The third-order valence-electron chi connectivity index (χ3n) is 2.41. The van der Waals surface area contributed by atoms with Crippen molar-refractivity contribution < 1.29 is 0 Å². The first-order valence-corrected chi connectivity index (χ1v) is 4.86. The minimum atomic E-state index is 0.776. The number of hydrogen-bond acceptors (Lipinski definition) is 3. The van der Waals surface area contributed by atoms with Gasteiger partial charge in [0.25, 0.3) is 0 Å². The van der Waals surface area contributed by atoms with Gasteiger partial charge in [0.1, 0.15) is 5.82 Å². The van der Waals surface area contributed by atoms with Crippen molar-refractivity contribution in [2.45, 2.75) is 6.92 Å². The van der Waals surface area contributed by atoms with E-state index in [1.807, 2.05) is 45.3 Å². The van der Waals surface area contributed by atoms with Gasteiger partial charge in [-0.15, -0.1) is 0 Å². The molecule has 2 aromatic rings. The van der Waals surface area contributed by atoms with Crippen LogP contribution in [0.2, 0.25) is 0 Å². The summed E-state index contributed by atoms with van der Waals surface area (Å²) >= 11 is 0. The summed E-state index contributed by atoms with van der Waals surface area (Å²) in [4.78, 5) is 4.37. The van der Waals surface area contributed by atoms with Gasteiger partial charge in [-0.05, 0) is 31.2 Å². The van der Waals surface area contributed by atoms with Gasteiger partial charge in [0.15, 0.2) is 5.82 Å². The zero-order valence-electron chi connectivity index (χ0n) is 9.15. The van der Waals surface area contributed by atoms with Crippen LogP contribution in [0, 0.1) is 6.92 Å². The number of anilines is 1. The molecule has 0 atom stereocenters. The Morgan fingerprint density at radius 3 is 2.33 bits per heavy atom. The van der Waals surface area contributed by atoms with E-state index in [9.17, 15) is 0 Å². The highest BCUT2D eigenvalue weighted by atomic mass is 15.3. The van der Waals surface area contributed by atoms with Gasteiger partial charge in [-0.25, -0.2) is 4.98 Å². The fourth-order valence-corrected chi connectivity index (χ4v) is 1.37. The first kappa shape index (κ1) is 9.71. The first-order valence-electron chi connectivity index (χ1n) is 4.86. The highest BCUT2D eigenvalue weighted by Crippen LogP contribution is 2.17. The zero-order valence-corrected chi connectivity index (χ0v) is 9.15. The molecule has 4 nitrogen and oxygen atoms in total. The van der Waals surface area contributed by atoms with Gasteiger partial charge in [0.05, 0.1) is 0 Å². The average Bonchev–Trinajstić information content (AvgIpc) is 2.59. The van der Waals surface area contributed by atoms with Crippen LogP contribution in [0.15, 0.2) is 24.3 Å². The summed E-state index contributed by atoms with van der Waals surface area (Å²) < 4.78 is 1.78. The molecular weight excluding hydrogens is 188 g/mol. The second-order valence-electron chi connectivity index (χ2n) is 3.43. The molecule has 2 rings (SSSR count). The van der Waals surface area contributed by atoms with E-state index in [2.05, 4.69) is 15.4 Å². The quantitative estimate of drug-likeness (QED) is 0.808. The normalized spacial score (nSPS) is 10.3. The van der Waals surface area contributed by atoms with Crippen LogP contribution in [0.3, 0.4) is 0 Å². The second-order valence-corrected chi connectivity index (χ2v) is 3.43. The number of aryl methyl sites for hydroxylation is 2. The van der Waals surface area contributed by atoms with Gasteiger partial charge < -0.3 is 5.32 Å². The zero-order chi connectivity index (χ0) is 10.8. The Kier molecular flexibility index (Phi) is 2.41. The molecule has 1 N–H and O–H groups in total. The van der Waals surface area contributed by atoms with Gasteiger partial charge in [-0.3, -0.25) is 4.68 Å². The Morgan fingerprint density at radius 2 is 1.87 bits per heavy atom. The Balaban J connectivity index is 2.37. The summed E-state index contributed by atoms with van der Waals surface area (Å²) in [7, 11) is 3.80. The SMILES string of the molecule is CNc1ccc(-c2nc(C)n(C)n2)cc1. The molecule has 0 aliphatic carbocycles. The smallest absolute Gasteiger partial charge is 0.181 e. The third kappa shape index (κ3) is 1.83. The Labute approximate surface area is 89.0 Å². The molecule has 0 radical (unpaired) electrons. The minimum absolute atomic E-state index is 0.776. The van der Waals surface area contributed by atoms with Crippen LogP contribution in [0.25, 0.3) is 11.4 Å². The molecule has 0 aliphatic rings. The molecule has 78 valence electrons. The second kappa shape index (κ2) is 3.73. The lowest BCUT2D eigenvalue weighted by Gasteiger charge is -1.99. The van der Waals surface area contributed by atoms with E-state index in [-0.39, 0.29) is 0 Å². The molecule has 1 heterocycles. The van der Waals surface area contributed by atoms with Crippen molar-refractivity contribution in [2.75, 3.05) is 12.4 Å². The fraction of sp³-hybridized carbons (Fsp3) is 0.273. The number of nitrogens with zero attached hydrogens (tertiary/aromatic N) is 3. The average molecular weight is 202 g/mol. The van der Waals surface area contributed by atoms with Crippen LogP contribution in [-0.2, 0) is 7.05 Å². The van der Waals surface area contributed by atoms with E-state index >= 15 is 0 Å². The predicted octanol–water partition coefficient (Wildman–Crippen LogP) is 1.83. The van der Waals surface area contributed by atoms with Crippen LogP contribution >= 0.6 is 0 Å². The lowest BCUT2D eigenvalue weighted by atomic mass is 10.2. The van der Waals surface area contributed by atoms with Crippen LogP contribution in [0.1, 0.15) is 5.82 Å². The van der Waals surface area contributed by atoms with Crippen molar-refractivity contribution in [2.24, 2.45) is 7.05 Å². The van der Waals surface area contributed by atoms with Crippen LogP contribution in [0.4, 0.5) is 5.69 Å². The molecule has 0 amide bonds. The number of aromatic nitrogens is 3. The van der Waals surface area contributed by atoms with E-state index in [4.69, 9.17) is 0 Å². The number of nitrogens with one attached hydrogen (secondary N) is 1. The Bertz CT molecular complexity index is 436. The molecule has 15 heavy (non-hydrogen) atoms. The lowest BCUT2D eigenvalue weighted by Crippen LogP contribution is -1.92. The standard InChI is InChI=1S/C11H14N4/c1-8-13-11(14-15(8)3)9-4-6-10(12-2)7-5-9/h4-7,12H,1-3H3. The van der Waals surface area contributed by atoms with Gasteiger partial charge in [-0.2, -0.15) is 5.10 Å². The molecule has 4 heteroatoms. The molecule has 0 saturated carbocycles. The number of hydrogen-bond donors (Lipinski definition) is 1. The van der Waals surface area contributed by atoms with Crippen molar-refractivity contribution in [3.8, 4) is 11.4 Å². The number of benzene rings is 1. The van der Waals surface area contributed by atoms with E-state index in [1.54, 1.807) is 4.68 Å². The van der Waals surface area contributed by atoms with Crippen LogP contribution in [-0.4, -0.2) is 21.8 Å². The van der Waals surface area contributed by atoms with E-state index < -0.39 is 0 Å². The highest BCUT2D eigenvalue weighted by molar-refractivity contribution is 5.59. The molecule has 0 bridgehead atoms. The highest BCUT2D eigenvalue weighted by Gasteiger charge is 2.05. The Hall–Kier alpha value is -1.84. The summed E-state index contributed by atoms with van der Waals surface area (Å²) in [5.74, 6) is 1.69. The topological polar surface area (TPSA) is 42.7 Å². The Morgan fingerprint density at radius 1 is 1.20 bits per heavy atom. The first-order chi connectivity index (χ1) is 7.20. The largest absolute Gasteiger partial charge is 0.388 e. The predicted molar refractivity (Wildman–Crippen MR) is 60.7 cm³/mol. The fourth-order valence-electron chi connectivity index (χ4n) is 1.37. The van der Waals surface area contributed by atoms with Crippen molar-refractivity contribution in [1.29, 1.82) is 0 Å². The van der Waals surface area contributed by atoms with Crippen molar-refractivity contribution in [3.63, 3.8) is 0 Å². The van der Waals surface area contributed by atoms with Crippen LogP contribution < -0.4 is 5.32 Å².